The molecule has 3 nitrogen and oxygen atoms in total. The molecule has 0 aliphatic carbocycles. The molecule has 2 saturated heterocycles. The lowest BCUT2D eigenvalue weighted by Gasteiger charge is -2.22. The first-order valence-electron chi connectivity index (χ1n) is 5.75. The normalized spacial score (nSPS) is 27.2. The van der Waals surface area contributed by atoms with Gasteiger partial charge in [0.05, 0.1) is 11.6 Å². The number of allylic oxidation sites excluding steroid dienone is 1. The summed E-state index contributed by atoms with van der Waals surface area (Å²) in [6.45, 7) is 2.73. The number of carbonyl (C=O) groups excluding carboxylic acids is 1. The molecule has 2 fully saturated rings. The number of ether oxygens (including phenoxy) is 1. The Hall–Kier alpha value is -0.690. The molecule has 7 heteroatoms. The van der Waals surface area contributed by atoms with Gasteiger partial charge in [0.15, 0.2) is 0 Å². The van der Waals surface area contributed by atoms with E-state index in [2.05, 4.69) is 0 Å². The fourth-order valence-electron chi connectivity index (χ4n) is 2.01. The molecule has 0 N–H and O–H groups in total. The summed E-state index contributed by atoms with van der Waals surface area (Å²) in [5.41, 5.74) is 0. The average Bonchev–Trinajstić information content (AvgIpc) is 2.90. The number of alkyl halides is 3. The van der Waals surface area contributed by atoms with Crippen LogP contribution in [-0.4, -0.2) is 48.9 Å². The predicted molar refractivity (Wildman–Crippen MR) is 62.1 cm³/mol. The van der Waals surface area contributed by atoms with Crippen LogP contribution < -0.4 is 0 Å². The molecule has 0 aromatic rings. The smallest absolute Gasteiger partial charge is 0.381 e. The Morgan fingerprint density at radius 3 is 2.94 bits per heavy atom. The minimum atomic E-state index is -4.78. The van der Waals surface area contributed by atoms with Gasteiger partial charge in [-0.15, -0.1) is 11.8 Å². The van der Waals surface area contributed by atoms with Crippen LogP contribution in [-0.2, 0) is 9.53 Å². The van der Waals surface area contributed by atoms with Gasteiger partial charge in [0.25, 0.3) is 5.78 Å². The summed E-state index contributed by atoms with van der Waals surface area (Å²) < 4.78 is 41.8. The Bertz CT molecular complexity index is 351. The van der Waals surface area contributed by atoms with Crippen molar-refractivity contribution in [1.82, 2.24) is 4.90 Å². The van der Waals surface area contributed by atoms with E-state index in [-0.39, 0.29) is 0 Å². The molecule has 0 bridgehead atoms. The highest BCUT2D eigenvalue weighted by Crippen LogP contribution is 2.31. The second-order valence-corrected chi connectivity index (χ2v) is 5.48. The van der Waals surface area contributed by atoms with Crippen LogP contribution in [0.4, 0.5) is 13.2 Å². The predicted octanol–water partition coefficient (Wildman–Crippen LogP) is 2.04. The molecule has 0 aromatic carbocycles. The molecule has 1 atom stereocenters. The van der Waals surface area contributed by atoms with Crippen LogP contribution >= 0.6 is 11.8 Å². The van der Waals surface area contributed by atoms with Gasteiger partial charge >= 0.3 is 6.18 Å². The molecule has 18 heavy (non-hydrogen) atoms. The number of hydrogen-bond donors (Lipinski definition) is 0. The van der Waals surface area contributed by atoms with Gasteiger partial charge in [-0.05, 0) is 6.42 Å². The monoisotopic (exact) mass is 281 g/mol. The van der Waals surface area contributed by atoms with Crippen LogP contribution in [0.2, 0.25) is 0 Å². The molecular formula is C11H14F3NO2S. The first-order chi connectivity index (χ1) is 8.47. The topological polar surface area (TPSA) is 29.5 Å². The third kappa shape index (κ3) is 3.41. The van der Waals surface area contributed by atoms with E-state index in [4.69, 9.17) is 4.74 Å². The van der Waals surface area contributed by atoms with E-state index >= 15 is 0 Å². The van der Waals surface area contributed by atoms with Gasteiger partial charge in [-0.25, -0.2) is 0 Å². The van der Waals surface area contributed by atoms with E-state index in [1.165, 1.54) is 11.8 Å². The van der Waals surface area contributed by atoms with Crippen molar-refractivity contribution in [3.63, 3.8) is 0 Å². The standard InChI is InChI=1S/C11H14F3NO2S/c12-11(13,14)9(16)5-10-15(2-4-18-10)6-8-1-3-17-7-8/h5,8H,1-4,6-7H2/b10-5+. The first kappa shape index (κ1) is 13.7. The molecule has 0 amide bonds. The Morgan fingerprint density at radius 2 is 2.33 bits per heavy atom. The minimum absolute atomic E-state index is 0.355. The van der Waals surface area contributed by atoms with Crippen molar-refractivity contribution >= 4 is 17.5 Å². The van der Waals surface area contributed by atoms with Crippen molar-refractivity contribution in [2.45, 2.75) is 12.6 Å². The summed E-state index contributed by atoms with van der Waals surface area (Å²) in [7, 11) is 0. The van der Waals surface area contributed by atoms with Crippen LogP contribution in [0.15, 0.2) is 11.1 Å². The van der Waals surface area contributed by atoms with Gasteiger partial charge in [0, 0.05) is 37.4 Å². The summed E-state index contributed by atoms with van der Waals surface area (Å²) in [4.78, 5) is 12.8. The maximum absolute atomic E-state index is 12.2. The number of hydrogen-bond acceptors (Lipinski definition) is 4. The molecule has 1 unspecified atom stereocenters. The average molecular weight is 281 g/mol. The van der Waals surface area contributed by atoms with Gasteiger partial charge in [-0.2, -0.15) is 13.2 Å². The van der Waals surface area contributed by atoms with Crippen LogP contribution in [0.3, 0.4) is 0 Å². The van der Waals surface area contributed by atoms with E-state index in [9.17, 15) is 18.0 Å². The van der Waals surface area contributed by atoms with Gasteiger partial charge in [-0.1, -0.05) is 0 Å². The van der Waals surface area contributed by atoms with E-state index < -0.39 is 12.0 Å². The fraction of sp³-hybridized carbons (Fsp3) is 0.727. The zero-order valence-corrected chi connectivity index (χ0v) is 10.5. The fourth-order valence-corrected chi connectivity index (χ4v) is 3.07. The zero-order valence-electron chi connectivity index (χ0n) is 9.70. The SMILES string of the molecule is O=C(/C=C1/SCCN1CC1CCOC1)C(F)(F)F. The number of carbonyl (C=O) groups is 1. The lowest BCUT2D eigenvalue weighted by atomic mass is 10.1. The third-order valence-corrected chi connectivity index (χ3v) is 4.02. The molecule has 0 saturated carbocycles. The summed E-state index contributed by atoms with van der Waals surface area (Å²) in [5, 5.41) is 0.434. The lowest BCUT2D eigenvalue weighted by Crippen LogP contribution is -2.28. The highest BCUT2D eigenvalue weighted by Gasteiger charge is 2.38. The largest absolute Gasteiger partial charge is 0.454 e. The Balaban J connectivity index is 1.98. The molecule has 2 heterocycles. The maximum Gasteiger partial charge on any atom is 0.454 e. The second kappa shape index (κ2) is 5.52. The molecule has 2 aliphatic rings. The zero-order chi connectivity index (χ0) is 13.2. The maximum atomic E-state index is 12.2. The van der Waals surface area contributed by atoms with E-state index in [1.807, 2.05) is 4.90 Å². The number of rotatable bonds is 3. The number of thioether (sulfide) groups is 1. The molecule has 2 aliphatic heterocycles. The highest BCUT2D eigenvalue weighted by atomic mass is 32.2. The van der Waals surface area contributed by atoms with Crippen LogP contribution in [0.5, 0.6) is 0 Å². The Morgan fingerprint density at radius 1 is 1.56 bits per heavy atom. The molecule has 0 aromatic heterocycles. The molecule has 102 valence electrons. The molecular weight excluding hydrogens is 267 g/mol. The third-order valence-electron chi connectivity index (χ3n) is 2.96. The van der Waals surface area contributed by atoms with Gasteiger partial charge in [0.1, 0.15) is 0 Å². The van der Waals surface area contributed by atoms with Crippen LogP contribution in [0, 0.1) is 5.92 Å². The van der Waals surface area contributed by atoms with Crippen LogP contribution in [0.1, 0.15) is 6.42 Å². The summed E-state index contributed by atoms with van der Waals surface area (Å²) in [5.74, 6) is -0.697. The summed E-state index contributed by atoms with van der Waals surface area (Å²) in [6.07, 6.45) is -3.13. The van der Waals surface area contributed by atoms with Crippen molar-refractivity contribution in [3.05, 3.63) is 11.1 Å². The van der Waals surface area contributed by atoms with E-state index in [0.29, 0.717) is 43.3 Å². The highest BCUT2D eigenvalue weighted by molar-refractivity contribution is 8.03. The first-order valence-corrected chi connectivity index (χ1v) is 6.73. The van der Waals surface area contributed by atoms with E-state index in [1.54, 1.807) is 0 Å². The number of ketones is 1. The van der Waals surface area contributed by atoms with Crippen molar-refractivity contribution in [3.8, 4) is 0 Å². The van der Waals surface area contributed by atoms with Crippen molar-refractivity contribution in [2.75, 3.05) is 32.1 Å². The molecule has 0 spiro atoms. The quantitative estimate of drug-likeness (QED) is 0.741. The van der Waals surface area contributed by atoms with Crippen molar-refractivity contribution < 1.29 is 22.7 Å². The lowest BCUT2D eigenvalue weighted by molar-refractivity contribution is -0.165. The van der Waals surface area contributed by atoms with Crippen molar-refractivity contribution in [2.24, 2.45) is 5.92 Å². The van der Waals surface area contributed by atoms with Crippen LogP contribution in [0.25, 0.3) is 0 Å². The molecule has 0 radical (unpaired) electrons. The Kier molecular flexibility index (Phi) is 4.21. The number of nitrogens with zero attached hydrogens (tertiary/aromatic N) is 1. The Labute approximate surface area is 107 Å². The summed E-state index contributed by atoms with van der Waals surface area (Å²) >= 11 is 1.30. The van der Waals surface area contributed by atoms with Crippen molar-refractivity contribution in [1.29, 1.82) is 0 Å². The summed E-state index contributed by atoms with van der Waals surface area (Å²) in [6, 6.07) is 0. The number of halogens is 3. The van der Waals surface area contributed by atoms with Gasteiger partial charge in [0.2, 0.25) is 0 Å². The molecule has 2 rings (SSSR count). The second-order valence-electron chi connectivity index (χ2n) is 4.37. The van der Waals surface area contributed by atoms with Gasteiger partial charge in [-0.3, -0.25) is 4.79 Å². The van der Waals surface area contributed by atoms with Gasteiger partial charge < -0.3 is 9.64 Å². The van der Waals surface area contributed by atoms with E-state index in [0.717, 1.165) is 12.2 Å². The minimum Gasteiger partial charge on any atom is -0.381 e.